The number of hydrogen-bond acceptors (Lipinski definition) is 4. The van der Waals surface area contributed by atoms with Crippen molar-refractivity contribution in [2.45, 2.75) is 24.8 Å². The molecule has 28 heavy (non-hydrogen) atoms. The lowest BCUT2D eigenvalue weighted by atomic mass is 9.86. The normalized spacial score (nSPS) is 22.6. The molecular formula is C21H23Cl2N3O2. The van der Waals surface area contributed by atoms with Crippen molar-refractivity contribution in [1.29, 1.82) is 0 Å². The summed E-state index contributed by atoms with van der Waals surface area (Å²) in [7, 11) is 1.53. The fraction of sp³-hybridized carbons (Fsp3) is 0.429. The minimum atomic E-state index is -0.0559. The molecule has 2 aliphatic rings. The summed E-state index contributed by atoms with van der Waals surface area (Å²) in [5, 5.41) is 0.967. The predicted octanol–water partition coefficient (Wildman–Crippen LogP) is 4.10. The van der Waals surface area contributed by atoms with E-state index in [1.165, 1.54) is 12.7 Å². The molecule has 2 aliphatic heterocycles. The Hall–Kier alpha value is -1.82. The molecule has 2 saturated heterocycles. The van der Waals surface area contributed by atoms with Crippen LogP contribution in [0.5, 0.6) is 5.88 Å². The van der Waals surface area contributed by atoms with Gasteiger partial charge in [0.1, 0.15) is 5.15 Å². The van der Waals surface area contributed by atoms with E-state index in [9.17, 15) is 4.79 Å². The number of fused-ring (bicyclic) bond motifs is 1. The molecule has 0 radical (unpaired) electrons. The number of piperidine rings is 1. The molecule has 4 rings (SSSR count). The number of rotatable bonds is 3. The van der Waals surface area contributed by atoms with Gasteiger partial charge in [0.15, 0.2) is 0 Å². The highest BCUT2D eigenvalue weighted by atomic mass is 35.5. The number of aromatic nitrogens is 1. The van der Waals surface area contributed by atoms with Gasteiger partial charge in [-0.05, 0) is 42.5 Å². The van der Waals surface area contributed by atoms with Gasteiger partial charge >= 0.3 is 0 Å². The van der Waals surface area contributed by atoms with E-state index < -0.39 is 0 Å². The fourth-order valence-electron chi connectivity index (χ4n) is 4.23. The molecule has 7 heteroatoms. The van der Waals surface area contributed by atoms with Crippen LogP contribution in [0.3, 0.4) is 0 Å². The topological polar surface area (TPSA) is 45.7 Å². The fourth-order valence-corrected chi connectivity index (χ4v) is 4.58. The van der Waals surface area contributed by atoms with E-state index in [0.717, 1.165) is 37.5 Å². The summed E-state index contributed by atoms with van der Waals surface area (Å²) in [6.45, 7) is 3.33. The lowest BCUT2D eigenvalue weighted by Gasteiger charge is -2.46. The molecule has 3 heterocycles. The Kier molecular flexibility index (Phi) is 5.76. The molecular weight excluding hydrogens is 397 g/mol. The van der Waals surface area contributed by atoms with E-state index in [1.807, 2.05) is 17.0 Å². The van der Waals surface area contributed by atoms with Crippen LogP contribution in [-0.4, -0.2) is 60.0 Å². The van der Waals surface area contributed by atoms with Gasteiger partial charge in [0.05, 0.1) is 12.7 Å². The van der Waals surface area contributed by atoms with Crippen LogP contribution in [0.15, 0.2) is 36.4 Å². The maximum absolute atomic E-state index is 12.9. The van der Waals surface area contributed by atoms with Gasteiger partial charge in [-0.15, -0.1) is 0 Å². The molecule has 2 atom stereocenters. The Morgan fingerprint density at radius 3 is 2.57 bits per heavy atom. The molecule has 0 spiro atoms. The van der Waals surface area contributed by atoms with Crippen molar-refractivity contribution in [3.63, 3.8) is 0 Å². The summed E-state index contributed by atoms with van der Waals surface area (Å²) in [5.74, 6) is 0.877. The zero-order valence-corrected chi connectivity index (χ0v) is 17.3. The highest BCUT2D eigenvalue weighted by molar-refractivity contribution is 6.32. The van der Waals surface area contributed by atoms with E-state index >= 15 is 0 Å². The molecule has 148 valence electrons. The summed E-state index contributed by atoms with van der Waals surface area (Å²) in [6, 6.07) is 12.0. The number of piperazine rings is 1. The van der Waals surface area contributed by atoms with Gasteiger partial charge in [0, 0.05) is 43.3 Å². The van der Waals surface area contributed by atoms with Crippen molar-refractivity contribution in [3.05, 3.63) is 57.7 Å². The number of carbonyl (C=O) groups is 1. The highest BCUT2D eigenvalue weighted by Gasteiger charge is 2.35. The average molecular weight is 420 g/mol. The third kappa shape index (κ3) is 3.97. The van der Waals surface area contributed by atoms with Crippen molar-refractivity contribution in [3.8, 4) is 5.88 Å². The Morgan fingerprint density at radius 1 is 1.07 bits per heavy atom. The zero-order chi connectivity index (χ0) is 19.7. The van der Waals surface area contributed by atoms with Gasteiger partial charge in [-0.1, -0.05) is 35.3 Å². The van der Waals surface area contributed by atoms with Crippen molar-refractivity contribution < 1.29 is 9.53 Å². The number of nitrogens with zero attached hydrogens (tertiary/aromatic N) is 3. The van der Waals surface area contributed by atoms with E-state index in [-0.39, 0.29) is 11.1 Å². The Balaban J connectivity index is 1.41. The minimum Gasteiger partial charge on any atom is -0.481 e. The number of ether oxygens (including phenoxy) is 1. The molecule has 2 aromatic rings. The summed E-state index contributed by atoms with van der Waals surface area (Å²) in [5.41, 5.74) is 1.78. The number of benzene rings is 1. The second-order valence-electron chi connectivity index (χ2n) is 7.42. The number of halogens is 2. The first kappa shape index (κ1) is 19.5. The number of methoxy groups -OCH3 is 1. The second-order valence-corrected chi connectivity index (χ2v) is 8.21. The standard InChI is InChI=1S/C21H23Cl2N3O2/c1-28-19-9-8-18(20(23)24-19)21(27)26-11-10-25-12-15(4-7-17(25)13-26)14-2-5-16(22)6-3-14/h2-3,5-6,8-9,15,17H,4,7,10-13H2,1H3/t15-,17+/m0/s1. The van der Waals surface area contributed by atoms with Crippen LogP contribution in [0.25, 0.3) is 0 Å². The average Bonchev–Trinajstić information content (AvgIpc) is 2.73. The van der Waals surface area contributed by atoms with E-state index in [0.29, 0.717) is 29.9 Å². The van der Waals surface area contributed by atoms with Crippen molar-refractivity contribution in [2.24, 2.45) is 0 Å². The first-order valence-electron chi connectivity index (χ1n) is 9.54. The molecule has 0 bridgehead atoms. The largest absolute Gasteiger partial charge is 0.481 e. The van der Waals surface area contributed by atoms with Crippen LogP contribution in [0.2, 0.25) is 10.2 Å². The van der Waals surface area contributed by atoms with Gasteiger partial charge in [0.2, 0.25) is 5.88 Å². The molecule has 5 nitrogen and oxygen atoms in total. The van der Waals surface area contributed by atoms with Crippen LogP contribution < -0.4 is 4.74 Å². The number of hydrogen-bond donors (Lipinski definition) is 0. The van der Waals surface area contributed by atoms with Crippen LogP contribution in [-0.2, 0) is 0 Å². The first-order valence-corrected chi connectivity index (χ1v) is 10.3. The van der Waals surface area contributed by atoms with E-state index in [4.69, 9.17) is 27.9 Å². The van der Waals surface area contributed by atoms with Gasteiger partial charge in [0.25, 0.3) is 5.91 Å². The maximum atomic E-state index is 12.9. The molecule has 0 N–H and O–H groups in total. The lowest BCUT2D eigenvalue weighted by molar-refractivity contribution is 0.0329. The van der Waals surface area contributed by atoms with Gasteiger partial charge < -0.3 is 9.64 Å². The van der Waals surface area contributed by atoms with Crippen LogP contribution in [0.4, 0.5) is 0 Å². The monoisotopic (exact) mass is 419 g/mol. The van der Waals surface area contributed by atoms with Crippen molar-refractivity contribution in [2.75, 3.05) is 33.3 Å². The molecule has 1 aromatic heterocycles. The van der Waals surface area contributed by atoms with Crippen LogP contribution in [0, 0.1) is 0 Å². The quantitative estimate of drug-likeness (QED) is 0.702. The lowest BCUT2D eigenvalue weighted by Crippen LogP contribution is -2.57. The van der Waals surface area contributed by atoms with Gasteiger partial charge in [-0.3, -0.25) is 9.69 Å². The third-order valence-corrected chi connectivity index (χ3v) is 6.34. The first-order chi connectivity index (χ1) is 13.5. The smallest absolute Gasteiger partial charge is 0.257 e. The second kappa shape index (κ2) is 8.27. The number of carbonyl (C=O) groups excluding carboxylic acids is 1. The Morgan fingerprint density at radius 2 is 1.86 bits per heavy atom. The molecule has 1 aromatic carbocycles. The number of amides is 1. The Labute approximate surface area is 175 Å². The van der Waals surface area contributed by atoms with E-state index in [1.54, 1.807) is 12.1 Å². The third-order valence-electron chi connectivity index (χ3n) is 5.80. The van der Waals surface area contributed by atoms with Crippen LogP contribution in [0.1, 0.15) is 34.7 Å². The SMILES string of the molecule is COc1ccc(C(=O)N2CCN3C[C@@H](c4ccc(Cl)cc4)CC[C@@H]3C2)c(Cl)n1. The Bertz CT molecular complexity index is 859. The van der Waals surface area contributed by atoms with Crippen LogP contribution >= 0.6 is 23.2 Å². The molecule has 1 amide bonds. The van der Waals surface area contributed by atoms with Gasteiger partial charge in [-0.2, -0.15) is 0 Å². The molecule has 0 unspecified atom stereocenters. The zero-order valence-electron chi connectivity index (χ0n) is 15.8. The summed E-state index contributed by atoms with van der Waals surface area (Å²) < 4.78 is 5.06. The van der Waals surface area contributed by atoms with Gasteiger partial charge in [-0.25, -0.2) is 4.98 Å². The molecule has 0 saturated carbocycles. The molecule has 2 fully saturated rings. The molecule has 0 aliphatic carbocycles. The van der Waals surface area contributed by atoms with E-state index in [2.05, 4.69) is 22.0 Å². The number of pyridine rings is 1. The van der Waals surface area contributed by atoms with Crippen molar-refractivity contribution in [1.82, 2.24) is 14.8 Å². The summed E-state index contributed by atoms with van der Waals surface area (Å²) in [4.78, 5) is 21.5. The minimum absolute atomic E-state index is 0.0559. The summed E-state index contributed by atoms with van der Waals surface area (Å²) >= 11 is 12.2. The predicted molar refractivity (Wildman–Crippen MR) is 110 cm³/mol. The highest BCUT2D eigenvalue weighted by Crippen LogP contribution is 2.33. The summed E-state index contributed by atoms with van der Waals surface area (Å²) in [6.07, 6.45) is 2.20. The maximum Gasteiger partial charge on any atom is 0.257 e. The van der Waals surface area contributed by atoms with Crippen molar-refractivity contribution >= 4 is 29.1 Å².